The first kappa shape index (κ1) is 20.3. The summed E-state index contributed by atoms with van der Waals surface area (Å²) in [5.74, 6) is 0. The van der Waals surface area contributed by atoms with Crippen LogP contribution in [0.1, 0.15) is 60.3 Å². The van der Waals surface area contributed by atoms with Gasteiger partial charge in [-0.25, -0.2) is 0 Å². The zero-order valence-electron chi connectivity index (χ0n) is 13.4. The van der Waals surface area contributed by atoms with Gasteiger partial charge in [0.1, 0.15) is 0 Å². The van der Waals surface area contributed by atoms with Crippen molar-refractivity contribution in [3.63, 3.8) is 0 Å². The standard InChI is InChI=1S/C11H22N2S.2C2H6/c1-3-4-5-6-13(2)9-10-7-11(14)8-12-10;2*1-2/h10,12H,3-9H2,1-2H3;2*1-2H3. The Balaban J connectivity index is 0. The molecule has 0 amide bonds. The fourth-order valence-electron chi connectivity index (χ4n) is 1.91. The van der Waals surface area contributed by atoms with Gasteiger partial charge in [0, 0.05) is 24.0 Å². The summed E-state index contributed by atoms with van der Waals surface area (Å²) in [5.41, 5.74) is 0. The summed E-state index contributed by atoms with van der Waals surface area (Å²) in [6.45, 7) is 13.6. The van der Waals surface area contributed by atoms with Gasteiger partial charge in [-0.15, -0.1) is 0 Å². The van der Waals surface area contributed by atoms with E-state index in [1.807, 2.05) is 27.7 Å². The molecule has 1 atom stereocenters. The molecule has 1 unspecified atom stereocenters. The maximum atomic E-state index is 5.17. The van der Waals surface area contributed by atoms with Crippen LogP contribution in [0.15, 0.2) is 0 Å². The van der Waals surface area contributed by atoms with Gasteiger partial charge in [-0.2, -0.15) is 0 Å². The lowest BCUT2D eigenvalue weighted by Gasteiger charge is -2.20. The van der Waals surface area contributed by atoms with Gasteiger partial charge in [0.15, 0.2) is 0 Å². The van der Waals surface area contributed by atoms with Crippen molar-refractivity contribution in [3.05, 3.63) is 0 Å². The fourth-order valence-corrected chi connectivity index (χ4v) is 2.19. The minimum Gasteiger partial charge on any atom is -0.308 e. The number of nitrogens with zero attached hydrogens (tertiary/aromatic N) is 1. The van der Waals surface area contributed by atoms with Crippen molar-refractivity contribution in [1.82, 2.24) is 10.2 Å². The van der Waals surface area contributed by atoms with E-state index in [-0.39, 0.29) is 0 Å². The van der Waals surface area contributed by atoms with E-state index in [4.69, 9.17) is 12.2 Å². The molecule has 1 fully saturated rings. The van der Waals surface area contributed by atoms with Crippen LogP contribution in [0.4, 0.5) is 0 Å². The number of hydrogen-bond acceptors (Lipinski definition) is 3. The highest BCUT2D eigenvalue weighted by molar-refractivity contribution is 7.80. The quantitative estimate of drug-likeness (QED) is 0.584. The van der Waals surface area contributed by atoms with Crippen LogP contribution in [0.5, 0.6) is 0 Å². The summed E-state index contributed by atoms with van der Waals surface area (Å²) < 4.78 is 0. The number of rotatable bonds is 6. The maximum absolute atomic E-state index is 5.17. The molecule has 1 N–H and O–H groups in total. The molecular weight excluding hydrogens is 240 g/mol. The van der Waals surface area contributed by atoms with Crippen molar-refractivity contribution >= 4 is 17.1 Å². The zero-order chi connectivity index (χ0) is 14.4. The minimum atomic E-state index is 0.606. The topological polar surface area (TPSA) is 15.3 Å². The number of hydrogen-bond donors (Lipinski definition) is 1. The average Bonchev–Trinajstić information content (AvgIpc) is 2.80. The largest absolute Gasteiger partial charge is 0.308 e. The second-order valence-corrected chi connectivity index (χ2v) is 4.87. The molecule has 1 rings (SSSR count). The van der Waals surface area contributed by atoms with Crippen LogP contribution in [-0.2, 0) is 0 Å². The normalized spacial score (nSPS) is 17.9. The van der Waals surface area contributed by atoms with Crippen molar-refractivity contribution in [2.45, 2.75) is 66.3 Å². The monoisotopic (exact) mass is 274 g/mol. The number of nitrogens with one attached hydrogen (secondary N) is 1. The number of likely N-dealkylation sites (N-methyl/N-ethyl adjacent to an activating group) is 1. The van der Waals surface area contributed by atoms with Crippen molar-refractivity contribution in [3.8, 4) is 0 Å². The molecule has 1 aliphatic heterocycles. The molecule has 110 valence electrons. The van der Waals surface area contributed by atoms with Gasteiger partial charge in [0.05, 0.1) is 0 Å². The van der Waals surface area contributed by atoms with E-state index in [2.05, 4.69) is 24.2 Å². The van der Waals surface area contributed by atoms with Crippen molar-refractivity contribution < 1.29 is 0 Å². The lowest BCUT2D eigenvalue weighted by atomic mass is 10.2. The van der Waals surface area contributed by atoms with E-state index in [1.54, 1.807) is 0 Å². The molecule has 0 radical (unpaired) electrons. The third kappa shape index (κ3) is 11.1. The summed E-state index contributed by atoms with van der Waals surface area (Å²) in [6, 6.07) is 0.606. The van der Waals surface area contributed by atoms with Crippen LogP contribution in [0.2, 0.25) is 0 Å². The van der Waals surface area contributed by atoms with E-state index in [1.165, 1.54) is 30.7 Å². The minimum absolute atomic E-state index is 0.606. The van der Waals surface area contributed by atoms with Crippen LogP contribution in [-0.4, -0.2) is 42.5 Å². The molecule has 0 aliphatic carbocycles. The second kappa shape index (κ2) is 15.1. The SMILES string of the molecule is CC.CC.CCCCCN(C)CC1CC(=S)CN1. The predicted octanol–water partition coefficient (Wildman–Crippen LogP) is 3.89. The van der Waals surface area contributed by atoms with Crippen molar-refractivity contribution in [2.24, 2.45) is 0 Å². The summed E-state index contributed by atoms with van der Waals surface area (Å²) in [5, 5.41) is 3.44. The first-order chi connectivity index (χ1) is 8.72. The Morgan fingerprint density at radius 2 is 1.83 bits per heavy atom. The second-order valence-electron chi connectivity index (χ2n) is 4.29. The molecule has 0 spiro atoms. The highest BCUT2D eigenvalue weighted by atomic mass is 32.1. The Bertz CT molecular complexity index is 183. The number of unbranched alkanes of at least 4 members (excludes halogenated alkanes) is 2. The summed E-state index contributed by atoms with van der Waals surface area (Å²) >= 11 is 5.17. The van der Waals surface area contributed by atoms with Gasteiger partial charge < -0.3 is 10.2 Å². The van der Waals surface area contributed by atoms with E-state index in [0.717, 1.165) is 19.5 Å². The van der Waals surface area contributed by atoms with Crippen LogP contribution >= 0.6 is 12.2 Å². The van der Waals surface area contributed by atoms with Gasteiger partial charge in [-0.05, 0) is 26.4 Å². The first-order valence-corrected chi connectivity index (χ1v) is 8.06. The molecule has 3 heteroatoms. The smallest absolute Gasteiger partial charge is 0.0273 e. The lowest BCUT2D eigenvalue weighted by molar-refractivity contribution is 0.295. The highest BCUT2D eigenvalue weighted by Gasteiger charge is 2.19. The highest BCUT2D eigenvalue weighted by Crippen LogP contribution is 2.05. The molecule has 18 heavy (non-hydrogen) atoms. The molecule has 0 aromatic rings. The van der Waals surface area contributed by atoms with E-state index >= 15 is 0 Å². The predicted molar refractivity (Wildman–Crippen MR) is 88.7 cm³/mol. The Hall–Kier alpha value is 0.01000. The third-order valence-corrected chi connectivity index (χ3v) is 3.05. The fraction of sp³-hybridized carbons (Fsp3) is 0.933. The Morgan fingerprint density at radius 1 is 1.22 bits per heavy atom. The molecular formula is C15H34N2S. The average molecular weight is 275 g/mol. The molecule has 0 bridgehead atoms. The van der Waals surface area contributed by atoms with Crippen LogP contribution < -0.4 is 5.32 Å². The maximum Gasteiger partial charge on any atom is 0.0273 e. The Labute approximate surface area is 121 Å². The summed E-state index contributed by atoms with van der Waals surface area (Å²) in [7, 11) is 2.21. The van der Waals surface area contributed by atoms with Crippen LogP contribution in [0.3, 0.4) is 0 Å². The Morgan fingerprint density at radius 3 is 2.28 bits per heavy atom. The molecule has 0 aromatic carbocycles. The van der Waals surface area contributed by atoms with Gasteiger partial charge in [-0.3, -0.25) is 0 Å². The van der Waals surface area contributed by atoms with E-state index < -0.39 is 0 Å². The Kier molecular flexibility index (Phi) is 17.0. The number of thiocarbonyl (C=S) groups is 1. The van der Waals surface area contributed by atoms with Gasteiger partial charge in [0.25, 0.3) is 0 Å². The third-order valence-electron chi connectivity index (χ3n) is 2.74. The van der Waals surface area contributed by atoms with Gasteiger partial charge in [0.2, 0.25) is 0 Å². The van der Waals surface area contributed by atoms with Crippen molar-refractivity contribution in [2.75, 3.05) is 26.7 Å². The van der Waals surface area contributed by atoms with Crippen LogP contribution in [0.25, 0.3) is 0 Å². The first-order valence-electron chi connectivity index (χ1n) is 7.66. The van der Waals surface area contributed by atoms with Gasteiger partial charge >= 0.3 is 0 Å². The molecule has 1 heterocycles. The lowest BCUT2D eigenvalue weighted by Crippen LogP contribution is -2.35. The molecule has 2 nitrogen and oxygen atoms in total. The molecule has 0 saturated carbocycles. The molecule has 1 aliphatic rings. The summed E-state index contributed by atoms with van der Waals surface area (Å²) in [6.07, 6.45) is 5.07. The van der Waals surface area contributed by atoms with Crippen molar-refractivity contribution in [1.29, 1.82) is 0 Å². The molecule has 1 saturated heterocycles. The van der Waals surface area contributed by atoms with E-state index in [9.17, 15) is 0 Å². The van der Waals surface area contributed by atoms with E-state index in [0.29, 0.717) is 6.04 Å². The van der Waals surface area contributed by atoms with Gasteiger partial charge in [-0.1, -0.05) is 59.7 Å². The summed E-state index contributed by atoms with van der Waals surface area (Å²) in [4.78, 5) is 3.61. The molecule has 0 aromatic heterocycles. The van der Waals surface area contributed by atoms with Crippen LogP contribution in [0, 0.1) is 0 Å². The zero-order valence-corrected chi connectivity index (χ0v) is 14.2.